The van der Waals surface area contributed by atoms with Crippen molar-refractivity contribution in [3.8, 4) is 17.0 Å². The summed E-state index contributed by atoms with van der Waals surface area (Å²) in [6.45, 7) is 3.96. The summed E-state index contributed by atoms with van der Waals surface area (Å²) in [4.78, 5) is 14.7. The normalized spacial score (nSPS) is 11.1. The third-order valence-corrected chi connectivity index (χ3v) is 4.23. The van der Waals surface area contributed by atoms with E-state index in [0.29, 0.717) is 5.13 Å². The van der Waals surface area contributed by atoms with Gasteiger partial charge < -0.3 is 4.74 Å². The van der Waals surface area contributed by atoms with E-state index in [2.05, 4.69) is 15.5 Å². The largest absolute Gasteiger partial charge is 0.491 e. The lowest BCUT2D eigenvalue weighted by molar-refractivity contribution is -0.384. The Morgan fingerprint density at radius 3 is 2.74 bits per heavy atom. The van der Waals surface area contributed by atoms with E-state index >= 15 is 0 Å². The minimum atomic E-state index is -0.423. The summed E-state index contributed by atoms with van der Waals surface area (Å²) in [6.07, 6.45) is 1.81. The van der Waals surface area contributed by atoms with Crippen LogP contribution < -0.4 is 10.2 Å². The number of non-ortho nitro benzene ring substituents is 1. The summed E-state index contributed by atoms with van der Waals surface area (Å²) in [5.74, 6) is 0.795. The van der Waals surface area contributed by atoms with Crippen LogP contribution in [0.15, 0.2) is 59.0 Å². The molecule has 8 heteroatoms. The van der Waals surface area contributed by atoms with E-state index in [1.165, 1.54) is 23.5 Å². The maximum absolute atomic E-state index is 10.7. The van der Waals surface area contributed by atoms with Crippen LogP contribution in [0.2, 0.25) is 0 Å². The zero-order valence-electron chi connectivity index (χ0n) is 14.8. The summed E-state index contributed by atoms with van der Waals surface area (Å²) in [7, 11) is 0. The fourth-order valence-electron chi connectivity index (χ4n) is 2.31. The maximum Gasteiger partial charge on any atom is 0.269 e. The number of nitrogens with one attached hydrogen (secondary N) is 1. The van der Waals surface area contributed by atoms with Gasteiger partial charge in [0.05, 0.1) is 22.9 Å². The fraction of sp³-hybridized carbons (Fsp3) is 0.158. The molecule has 7 nitrogen and oxygen atoms in total. The molecule has 27 heavy (non-hydrogen) atoms. The van der Waals surface area contributed by atoms with Crippen molar-refractivity contribution in [2.24, 2.45) is 5.10 Å². The van der Waals surface area contributed by atoms with Gasteiger partial charge in [-0.2, -0.15) is 5.10 Å². The molecular formula is C19H18N4O3S. The molecule has 0 saturated heterocycles. The van der Waals surface area contributed by atoms with Crippen molar-refractivity contribution in [2.75, 3.05) is 5.43 Å². The number of hydrazone groups is 1. The molecule has 0 aliphatic rings. The fourth-order valence-corrected chi connectivity index (χ4v) is 2.98. The van der Waals surface area contributed by atoms with Gasteiger partial charge in [-0.1, -0.05) is 12.1 Å². The Morgan fingerprint density at radius 1 is 1.26 bits per heavy atom. The zero-order valence-corrected chi connectivity index (χ0v) is 15.6. The van der Waals surface area contributed by atoms with Gasteiger partial charge in [-0.15, -0.1) is 11.3 Å². The van der Waals surface area contributed by atoms with Crippen LogP contribution in [0.5, 0.6) is 5.75 Å². The average molecular weight is 382 g/mol. The maximum atomic E-state index is 10.7. The summed E-state index contributed by atoms with van der Waals surface area (Å²) < 4.78 is 5.66. The lowest BCUT2D eigenvalue weighted by Gasteiger charge is -2.09. The number of rotatable bonds is 7. The van der Waals surface area contributed by atoms with Crippen LogP contribution in [0.25, 0.3) is 11.3 Å². The Bertz CT molecular complexity index is 952. The van der Waals surface area contributed by atoms with Crippen LogP contribution in [0.3, 0.4) is 0 Å². The van der Waals surface area contributed by atoms with Crippen molar-refractivity contribution < 1.29 is 9.66 Å². The number of aromatic nitrogens is 1. The second kappa shape index (κ2) is 8.41. The minimum Gasteiger partial charge on any atom is -0.491 e. The number of benzene rings is 2. The third kappa shape index (κ3) is 5.11. The standard InChI is InChI=1S/C19H18N4O3S/c1-13(2)26-17-5-3-4-14(10-17)11-20-22-19-21-18(12-27-19)15-6-8-16(9-7-15)23(24)25/h3-13H,1-2H3,(H,21,22)/b20-11+. The highest BCUT2D eigenvalue weighted by molar-refractivity contribution is 7.14. The summed E-state index contributed by atoms with van der Waals surface area (Å²) in [5.41, 5.74) is 5.42. The van der Waals surface area contributed by atoms with Crippen molar-refractivity contribution in [2.45, 2.75) is 20.0 Å². The Kier molecular flexibility index (Phi) is 5.77. The molecule has 0 saturated carbocycles. The van der Waals surface area contributed by atoms with Crippen molar-refractivity contribution in [1.29, 1.82) is 0 Å². The molecule has 0 fully saturated rings. The molecule has 0 bridgehead atoms. The zero-order chi connectivity index (χ0) is 19.2. The van der Waals surface area contributed by atoms with Gasteiger partial charge in [0.2, 0.25) is 5.13 Å². The lowest BCUT2D eigenvalue weighted by Crippen LogP contribution is -2.05. The number of ether oxygens (including phenoxy) is 1. The quantitative estimate of drug-likeness (QED) is 0.355. The van der Waals surface area contributed by atoms with E-state index in [-0.39, 0.29) is 11.8 Å². The Balaban J connectivity index is 1.64. The highest BCUT2D eigenvalue weighted by atomic mass is 32.1. The van der Waals surface area contributed by atoms with E-state index < -0.39 is 4.92 Å². The first-order valence-electron chi connectivity index (χ1n) is 8.27. The van der Waals surface area contributed by atoms with E-state index in [0.717, 1.165) is 22.6 Å². The number of hydrogen-bond donors (Lipinski definition) is 1. The van der Waals surface area contributed by atoms with Crippen LogP contribution >= 0.6 is 11.3 Å². The average Bonchev–Trinajstić information content (AvgIpc) is 3.10. The van der Waals surface area contributed by atoms with Crippen LogP contribution in [-0.4, -0.2) is 22.2 Å². The first-order valence-corrected chi connectivity index (χ1v) is 9.15. The molecule has 1 aromatic heterocycles. The first kappa shape index (κ1) is 18.5. The molecule has 0 radical (unpaired) electrons. The van der Waals surface area contributed by atoms with E-state index in [1.807, 2.05) is 43.5 Å². The molecular weight excluding hydrogens is 364 g/mol. The molecule has 1 heterocycles. The van der Waals surface area contributed by atoms with Gasteiger partial charge in [-0.25, -0.2) is 4.98 Å². The molecule has 0 aliphatic carbocycles. The second-order valence-electron chi connectivity index (χ2n) is 5.95. The van der Waals surface area contributed by atoms with Gasteiger partial charge in [-0.3, -0.25) is 15.5 Å². The van der Waals surface area contributed by atoms with Crippen LogP contribution in [0.1, 0.15) is 19.4 Å². The highest BCUT2D eigenvalue weighted by Gasteiger charge is 2.08. The molecule has 138 valence electrons. The number of nitro benzene ring substituents is 1. The van der Waals surface area contributed by atoms with Crippen LogP contribution in [0, 0.1) is 10.1 Å². The topological polar surface area (TPSA) is 89.7 Å². The van der Waals surface area contributed by atoms with Crippen LogP contribution in [-0.2, 0) is 0 Å². The Labute approximate surface area is 160 Å². The molecule has 0 amide bonds. The number of nitrogens with zero attached hydrogens (tertiary/aromatic N) is 3. The third-order valence-electron chi connectivity index (χ3n) is 3.48. The van der Waals surface area contributed by atoms with Gasteiger partial charge in [0, 0.05) is 23.1 Å². The molecule has 0 atom stereocenters. The number of thiazole rings is 1. The molecule has 0 unspecified atom stereocenters. The van der Waals surface area contributed by atoms with Gasteiger partial charge in [0.1, 0.15) is 5.75 Å². The Hall–Kier alpha value is -3.26. The number of nitro groups is 1. The SMILES string of the molecule is CC(C)Oc1cccc(/C=N/Nc2nc(-c3ccc([N+](=O)[O-])cc3)cs2)c1. The van der Waals surface area contributed by atoms with Crippen molar-refractivity contribution in [3.05, 3.63) is 69.6 Å². The van der Waals surface area contributed by atoms with E-state index in [4.69, 9.17) is 4.74 Å². The summed E-state index contributed by atoms with van der Waals surface area (Å²) in [6, 6.07) is 14.0. The minimum absolute atomic E-state index is 0.0561. The van der Waals surface area contributed by atoms with Gasteiger partial charge in [0.15, 0.2) is 0 Å². The van der Waals surface area contributed by atoms with Crippen LogP contribution in [0.4, 0.5) is 10.8 Å². The first-order chi connectivity index (χ1) is 13.0. The number of anilines is 1. The highest BCUT2D eigenvalue weighted by Crippen LogP contribution is 2.26. The van der Waals surface area contributed by atoms with E-state index in [1.54, 1.807) is 18.3 Å². The van der Waals surface area contributed by atoms with Gasteiger partial charge in [0.25, 0.3) is 5.69 Å². The lowest BCUT2D eigenvalue weighted by atomic mass is 10.1. The van der Waals surface area contributed by atoms with Crippen molar-refractivity contribution >= 4 is 28.4 Å². The van der Waals surface area contributed by atoms with Crippen molar-refractivity contribution in [3.63, 3.8) is 0 Å². The van der Waals surface area contributed by atoms with Gasteiger partial charge in [-0.05, 0) is 43.7 Å². The van der Waals surface area contributed by atoms with Crippen molar-refractivity contribution in [1.82, 2.24) is 4.98 Å². The monoisotopic (exact) mass is 382 g/mol. The molecule has 3 rings (SSSR count). The molecule has 0 spiro atoms. The molecule has 0 aliphatic heterocycles. The smallest absolute Gasteiger partial charge is 0.269 e. The molecule has 3 aromatic rings. The number of hydrogen-bond acceptors (Lipinski definition) is 7. The summed E-state index contributed by atoms with van der Waals surface area (Å²) in [5, 5.41) is 17.4. The van der Waals surface area contributed by atoms with E-state index in [9.17, 15) is 10.1 Å². The summed E-state index contributed by atoms with van der Waals surface area (Å²) >= 11 is 1.41. The predicted octanol–water partition coefficient (Wildman–Crippen LogP) is 4.95. The second-order valence-corrected chi connectivity index (χ2v) is 6.81. The Morgan fingerprint density at radius 2 is 2.04 bits per heavy atom. The van der Waals surface area contributed by atoms with Gasteiger partial charge >= 0.3 is 0 Å². The molecule has 2 aromatic carbocycles. The molecule has 1 N–H and O–H groups in total. The predicted molar refractivity (Wildman–Crippen MR) is 108 cm³/mol.